The lowest BCUT2D eigenvalue weighted by Gasteiger charge is -2.15. The topological polar surface area (TPSA) is 68.5 Å². The van der Waals surface area contributed by atoms with E-state index in [9.17, 15) is 18.0 Å². The van der Waals surface area contributed by atoms with Crippen molar-refractivity contribution in [1.82, 2.24) is 15.0 Å². The molecule has 0 unspecified atom stereocenters. The summed E-state index contributed by atoms with van der Waals surface area (Å²) in [5, 5.41) is 3.29. The average molecular weight is 315 g/mol. The molecule has 1 aromatic carbocycles. The van der Waals surface area contributed by atoms with Crippen LogP contribution in [-0.2, 0) is 17.5 Å². The maximum absolute atomic E-state index is 12.4. The monoisotopic (exact) mass is 315 g/mol. The van der Waals surface area contributed by atoms with Gasteiger partial charge in [-0.05, 0) is 5.56 Å². The van der Waals surface area contributed by atoms with Gasteiger partial charge in [-0.2, -0.15) is 18.2 Å². The van der Waals surface area contributed by atoms with Gasteiger partial charge in [0.25, 0.3) is 0 Å². The van der Waals surface area contributed by atoms with E-state index >= 15 is 0 Å². The molecule has 1 amide bonds. The fraction of sp³-hybridized carbons (Fsp3) is 0.308. The number of alkyl halides is 3. The Morgan fingerprint density at radius 2 is 1.95 bits per heavy atom. The van der Waals surface area contributed by atoms with Crippen molar-refractivity contribution in [2.45, 2.75) is 12.7 Å². The minimum atomic E-state index is -4.67. The number of ether oxygens (including phenoxy) is 1. The van der Waals surface area contributed by atoms with Gasteiger partial charge in [-0.15, -0.1) is 0 Å². The smallest absolute Gasteiger partial charge is 0.453 e. The van der Waals surface area contributed by atoms with Crippen LogP contribution in [-0.4, -0.2) is 35.3 Å². The fourth-order valence-electron chi connectivity index (χ4n) is 1.71. The molecule has 0 aliphatic carbocycles. The first kappa shape index (κ1) is 15.8. The zero-order valence-electron chi connectivity index (χ0n) is 11.7. The molecule has 1 aromatic heterocycles. The van der Waals surface area contributed by atoms with E-state index in [1.807, 2.05) is 0 Å². The standard InChI is InChI=1S/C13H12F3N3O3/c1-19(12(20)21-2)7-8-3-5-9(6-4-8)10-17-11(22-18-10)13(14,15)16/h3-6H,7H2,1-2H3. The SMILES string of the molecule is COC(=O)N(C)Cc1ccc(-c2noc(C(F)(F)F)n2)cc1. The van der Waals surface area contributed by atoms with Crippen molar-refractivity contribution in [1.29, 1.82) is 0 Å². The number of amides is 1. The van der Waals surface area contributed by atoms with E-state index in [4.69, 9.17) is 0 Å². The molecule has 0 saturated carbocycles. The van der Waals surface area contributed by atoms with E-state index < -0.39 is 18.2 Å². The summed E-state index contributed by atoms with van der Waals surface area (Å²) in [6.07, 6.45) is -5.16. The average Bonchev–Trinajstić information content (AvgIpc) is 2.97. The number of aromatic nitrogens is 2. The number of halogens is 3. The minimum absolute atomic E-state index is 0.153. The molecule has 0 atom stereocenters. The van der Waals surface area contributed by atoms with Crippen molar-refractivity contribution in [3.63, 3.8) is 0 Å². The van der Waals surface area contributed by atoms with Crippen LogP contribution in [0.15, 0.2) is 28.8 Å². The van der Waals surface area contributed by atoms with Crippen LogP contribution in [0.3, 0.4) is 0 Å². The van der Waals surface area contributed by atoms with Gasteiger partial charge in [-0.3, -0.25) is 0 Å². The molecule has 9 heteroatoms. The number of benzene rings is 1. The maximum atomic E-state index is 12.4. The molecule has 0 fully saturated rings. The second kappa shape index (κ2) is 6.04. The van der Waals surface area contributed by atoms with Gasteiger partial charge in [0.2, 0.25) is 5.82 Å². The highest BCUT2D eigenvalue weighted by molar-refractivity contribution is 5.67. The summed E-state index contributed by atoms with van der Waals surface area (Å²) in [5.74, 6) is -1.54. The number of carbonyl (C=O) groups excluding carboxylic acids is 1. The molecule has 2 rings (SSSR count). The highest BCUT2D eigenvalue weighted by Gasteiger charge is 2.38. The van der Waals surface area contributed by atoms with Gasteiger partial charge in [0.1, 0.15) is 0 Å². The van der Waals surface area contributed by atoms with Crippen LogP contribution in [0.25, 0.3) is 11.4 Å². The van der Waals surface area contributed by atoms with Crippen LogP contribution in [0.4, 0.5) is 18.0 Å². The molecule has 118 valence electrons. The molecule has 0 N–H and O–H groups in total. The van der Waals surface area contributed by atoms with Crippen LogP contribution >= 0.6 is 0 Å². The fourth-order valence-corrected chi connectivity index (χ4v) is 1.71. The number of hydrogen-bond donors (Lipinski definition) is 0. The normalized spacial score (nSPS) is 11.3. The Morgan fingerprint density at radius 3 is 2.45 bits per heavy atom. The summed E-state index contributed by atoms with van der Waals surface area (Å²) in [4.78, 5) is 15.9. The van der Waals surface area contributed by atoms with Gasteiger partial charge in [-0.25, -0.2) is 4.79 Å². The van der Waals surface area contributed by atoms with Crippen molar-refractivity contribution >= 4 is 6.09 Å². The number of hydrogen-bond acceptors (Lipinski definition) is 5. The summed E-state index contributed by atoms with van der Waals surface area (Å²) >= 11 is 0. The van der Waals surface area contributed by atoms with E-state index in [1.54, 1.807) is 31.3 Å². The van der Waals surface area contributed by atoms with Crippen molar-refractivity contribution in [3.05, 3.63) is 35.7 Å². The van der Waals surface area contributed by atoms with Gasteiger partial charge >= 0.3 is 18.2 Å². The highest BCUT2D eigenvalue weighted by Crippen LogP contribution is 2.29. The van der Waals surface area contributed by atoms with E-state index in [1.165, 1.54) is 12.0 Å². The van der Waals surface area contributed by atoms with Crippen LogP contribution in [0.5, 0.6) is 0 Å². The van der Waals surface area contributed by atoms with Gasteiger partial charge in [0.15, 0.2) is 0 Å². The minimum Gasteiger partial charge on any atom is -0.453 e. The molecule has 1 heterocycles. The van der Waals surface area contributed by atoms with E-state index in [-0.39, 0.29) is 5.82 Å². The first-order valence-corrected chi connectivity index (χ1v) is 6.10. The van der Waals surface area contributed by atoms with Crippen LogP contribution in [0, 0.1) is 0 Å². The Labute approximate surface area is 123 Å². The number of nitrogens with zero attached hydrogens (tertiary/aromatic N) is 3. The molecule has 0 bridgehead atoms. The molecule has 0 saturated heterocycles. The molecular formula is C13H12F3N3O3. The maximum Gasteiger partial charge on any atom is 0.471 e. The van der Waals surface area contributed by atoms with Gasteiger partial charge in [-0.1, -0.05) is 29.4 Å². The first-order chi connectivity index (χ1) is 10.3. The summed E-state index contributed by atoms with van der Waals surface area (Å²) < 4.78 is 45.9. The quantitative estimate of drug-likeness (QED) is 0.871. The lowest BCUT2D eigenvalue weighted by atomic mass is 10.1. The summed E-state index contributed by atoms with van der Waals surface area (Å²) in [5.41, 5.74) is 1.15. The van der Waals surface area contributed by atoms with Crippen LogP contribution in [0.2, 0.25) is 0 Å². The van der Waals surface area contributed by atoms with E-state index in [0.29, 0.717) is 12.1 Å². The largest absolute Gasteiger partial charge is 0.471 e. The highest BCUT2D eigenvalue weighted by atomic mass is 19.4. The third-order valence-electron chi connectivity index (χ3n) is 2.79. The molecular weight excluding hydrogens is 303 g/mol. The lowest BCUT2D eigenvalue weighted by molar-refractivity contribution is -0.159. The molecule has 2 aromatic rings. The Hall–Kier alpha value is -2.58. The van der Waals surface area contributed by atoms with Crippen molar-refractivity contribution < 1.29 is 27.2 Å². The Balaban J connectivity index is 2.12. The van der Waals surface area contributed by atoms with Gasteiger partial charge < -0.3 is 14.2 Å². The Morgan fingerprint density at radius 1 is 1.32 bits per heavy atom. The van der Waals surface area contributed by atoms with Crippen molar-refractivity contribution in [3.8, 4) is 11.4 Å². The summed E-state index contributed by atoms with van der Waals surface area (Å²) in [7, 11) is 2.84. The summed E-state index contributed by atoms with van der Waals surface area (Å²) in [6.45, 7) is 0.299. The molecule has 0 aliphatic rings. The third-order valence-corrected chi connectivity index (χ3v) is 2.79. The number of methoxy groups -OCH3 is 1. The summed E-state index contributed by atoms with van der Waals surface area (Å²) in [6, 6.07) is 6.40. The van der Waals surface area contributed by atoms with Crippen LogP contribution in [0.1, 0.15) is 11.5 Å². The predicted molar refractivity (Wildman–Crippen MR) is 68.6 cm³/mol. The molecule has 0 spiro atoms. The zero-order chi connectivity index (χ0) is 16.3. The number of rotatable bonds is 3. The first-order valence-electron chi connectivity index (χ1n) is 6.10. The molecule has 0 aliphatic heterocycles. The van der Waals surface area contributed by atoms with E-state index in [0.717, 1.165) is 5.56 Å². The second-order valence-corrected chi connectivity index (χ2v) is 4.44. The Kier molecular flexibility index (Phi) is 4.34. The van der Waals surface area contributed by atoms with Gasteiger partial charge in [0, 0.05) is 19.2 Å². The van der Waals surface area contributed by atoms with Gasteiger partial charge in [0.05, 0.1) is 7.11 Å². The Bertz CT molecular complexity index is 653. The molecule has 6 nitrogen and oxygen atoms in total. The predicted octanol–water partition coefficient (Wildman–Crippen LogP) is 2.95. The van der Waals surface area contributed by atoms with Crippen molar-refractivity contribution in [2.75, 3.05) is 14.2 Å². The van der Waals surface area contributed by atoms with Crippen LogP contribution < -0.4 is 0 Å². The molecule has 0 radical (unpaired) electrons. The zero-order valence-corrected chi connectivity index (χ0v) is 11.7. The second-order valence-electron chi connectivity index (χ2n) is 4.44. The van der Waals surface area contributed by atoms with E-state index in [2.05, 4.69) is 19.4 Å². The molecule has 22 heavy (non-hydrogen) atoms. The van der Waals surface area contributed by atoms with Crippen molar-refractivity contribution in [2.24, 2.45) is 0 Å². The lowest BCUT2D eigenvalue weighted by Crippen LogP contribution is -2.25. The third kappa shape index (κ3) is 3.54. The number of carbonyl (C=O) groups is 1.